The first-order valence-corrected chi connectivity index (χ1v) is 8.40. The van der Waals surface area contributed by atoms with Gasteiger partial charge in [-0.3, -0.25) is 9.59 Å². The van der Waals surface area contributed by atoms with E-state index < -0.39 is 0 Å². The van der Waals surface area contributed by atoms with E-state index in [0.717, 1.165) is 11.3 Å². The van der Waals surface area contributed by atoms with Crippen LogP contribution in [0.15, 0.2) is 60.8 Å². The highest BCUT2D eigenvalue weighted by atomic mass is 16.5. The van der Waals surface area contributed by atoms with Crippen LogP contribution in [0, 0.1) is 0 Å². The predicted molar refractivity (Wildman–Crippen MR) is 102 cm³/mol. The summed E-state index contributed by atoms with van der Waals surface area (Å²) in [6.07, 6.45) is 1.96. The summed E-state index contributed by atoms with van der Waals surface area (Å²) in [7, 11) is 3.09. The van der Waals surface area contributed by atoms with Crippen molar-refractivity contribution < 1.29 is 14.3 Å². The van der Waals surface area contributed by atoms with Gasteiger partial charge in [0.25, 0.3) is 5.91 Å². The van der Waals surface area contributed by atoms with Crippen molar-refractivity contribution in [1.82, 2.24) is 15.1 Å². The number of hydrogen-bond acceptors (Lipinski definition) is 4. The van der Waals surface area contributed by atoms with E-state index in [-0.39, 0.29) is 17.5 Å². The number of anilines is 1. The number of likely N-dealkylation sites (N-methyl/N-ethyl adjacent to an activating group) is 1. The summed E-state index contributed by atoms with van der Waals surface area (Å²) >= 11 is 0. The molecule has 2 amide bonds. The van der Waals surface area contributed by atoms with E-state index in [2.05, 4.69) is 15.7 Å². The van der Waals surface area contributed by atoms with Gasteiger partial charge >= 0.3 is 0 Å². The third-order valence-corrected chi connectivity index (χ3v) is 3.99. The second-order valence-corrected chi connectivity index (χ2v) is 5.83. The molecule has 1 aromatic heterocycles. The fourth-order valence-electron chi connectivity index (χ4n) is 2.55. The van der Waals surface area contributed by atoms with Gasteiger partial charge in [-0.05, 0) is 29.8 Å². The maximum Gasteiger partial charge on any atom is 0.280 e. The van der Waals surface area contributed by atoms with Crippen LogP contribution in [-0.4, -0.2) is 35.8 Å². The molecule has 0 fully saturated rings. The molecule has 0 saturated heterocycles. The molecule has 0 aliphatic heterocycles. The quantitative estimate of drug-likeness (QED) is 0.703. The van der Waals surface area contributed by atoms with Gasteiger partial charge in [0, 0.05) is 12.7 Å². The fourth-order valence-corrected chi connectivity index (χ4v) is 2.55. The van der Waals surface area contributed by atoms with Crippen LogP contribution in [0.3, 0.4) is 0 Å². The lowest BCUT2D eigenvalue weighted by atomic mass is 10.1. The first-order chi connectivity index (χ1) is 13.1. The van der Waals surface area contributed by atoms with Crippen LogP contribution in [0.5, 0.6) is 5.75 Å². The number of nitrogens with zero attached hydrogens (tertiary/aromatic N) is 2. The monoisotopic (exact) mass is 364 g/mol. The first-order valence-electron chi connectivity index (χ1n) is 8.40. The molecule has 0 unspecified atom stereocenters. The Balaban J connectivity index is 1.76. The van der Waals surface area contributed by atoms with Gasteiger partial charge in [-0.2, -0.15) is 5.10 Å². The molecule has 7 nitrogen and oxygen atoms in total. The van der Waals surface area contributed by atoms with Crippen molar-refractivity contribution in [2.24, 2.45) is 0 Å². The largest absolute Gasteiger partial charge is 0.493 e. The van der Waals surface area contributed by atoms with Gasteiger partial charge in [0.15, 0.2) is 11.4 Å². The van der Waals surface area contributed by atoms with Crippen molar-refractivity contribution in [2.45, 2.75) is 6.42 Å². The minimum atomic E-state index is -0.374. The van der Waals surface area contributed by atoms with Gasteiger partial charge < -0.3 is 15.4 Å². The van der Waals surface area contributed by atoms with Gasteiger partial charge in [0.2, 0.25) is 5.91 Å². The lowest BCUT2D eigenvalue weighted by Crippen LogP contribution is -2.19. The number of para-hydroxylation sites is 1. The normalized spacial score (nSPS) is 10.3. The molecule has 2 N–H and O–H groups in total. The van der Waals surface area contributed by atoms with Crippen molar-refractivity contribution in [3.63, 3.8) is 0 Å². The maximum atomic E-state index is 12.6. The Morgan fingerprint density at radius 1 is 1.07 bits per heavy atom. The van der Waals surface area contributed by atoms with Crippen molar-refractivity contribution >= 4 is 17.5 Å². The maximum absolute atomic E-state index is 12.6. The second kappa shape index (κ2) is 8.18. The van der Waals surface area contributed by atoms with Gasteiger partial charge in [0.05, 0.1) is 25.4 Å². The van der Waals surface area contributed by atoms with E-state index in [1.807, 2.05) is 30.3 Å². The molecule has 7 heteroatoms. The zero-order valence-corrected chi connectivity index (χ0v) is 15.1. The molecule has 27 heavy (non-hydrogen) atoms. The summed E-state index contributed by atoms with van der Waals surface area (Å²) < 4.78 is 6.89. The van der Waals surface area contributed by atoms with Crippen LogP contribution in [-0.2, 0) is 11.2 Å². The minimum absolute atomic E-state index is 0.0667. The van der Waals surface area contributed by atoms with Crippen LogP contribution in [0.2, 0.25) is 0 Å². The molecule has 3 rings (SSSR count). The van der Waals surface area contributed by atoms with Crippen molar-refractivity contribution in [1.29, 1.82) is 0 Å². The topological polar surface area (TPSA) is 85.3 Å². The highest BCUT2D eigenvalue weighted by Gasteiger charge is 2.18. The standard InChI is InChI=1S/C20H20N4O3/c1-21-18(25)12-14-8-10-15(11-9-14)22-20(26)19-17(27-2)13-24(23-19)16-6-4-3-5-7-16/h3-11,13H,12H2,1-2H3,(H,21,25)(H,22,26). The lowest BCUT2D eigenvalue weighted by Gasteiger charge is -2.06. The number of carbonyl (C=O) groups is 2. The van der Waals surface area contributed by atoms with Gasteiger partial charge in [0.1, 0.15) is 0 Å². The molecular formula is C20H20N4O3. The number of amides is 2. The lowest BCUT2D eigenvalue weighted by molar-refractivity contribution is -0.119. The zero-order valence-electron chi connectivity index (χ0n) is 15.1. The zero-order chi connectivity index (χ0) is 19.2. The van der Waals surface area contributed by atoms with Crippen molar-refractivity contribution in [3.05, 3.63) is 72.1 Å². The Kier molecular flexibility index (Phi) is 5.51. The molecule has 0 bridgehead atoms. The number of rotatable bonds is 6. The van der Waals surface area contributed by atoms with Crippen LogP contribution in [0.25, 0.3) is 5.69 Å². The molecule has 0 aliphatic rings. The summed E-state index contributed by atoms with van der Waals surface area (Å²) in [6.45, 7) is 0. The Labute approximate surface area is 157 Å². The smallest absolute Gasteiger partial charge is 0.280 e. The average Bonchev–Trinajstić information content (AvgIpc) is 3.14. The third kappa shape index (κ3) is 4.33. The second-order valence-electron chi connectivity index (χ2n) is 5.83. The highest BCUT2D eigenvalue weighted by Crippen LogP contribution is 2.21. The summed E-state index contributed by atoms with van der Waals surface area (Å²) in [5.74, 6) is -0.0591. The highest BCUT2D eigenvalue weighted by molar-refractivity contribution is 6.04. The number of nitrogens with one attached hydrogen (secondary N) is 2. The van der Waals surface area contributed by atoms with Crippen LogP contribution in [0.1, 0.15) is 16.1 Å². The number of aromatic nitrogens is 2. The van der Waals surface area contributed by atoms with Gasteiger partial charge in [-0.1, -0.05) is 30.3 Å². The molecule has 1 heterocycles. The van der Waals surface area contributed by atoms with Crippen molar-refractivity contribution in [3.8, 4) is 11.4 Å². The van der Waals surface area contributed by atoms with Gasteiger partial charge in [-0.15, -0.1) is 0 Å². The molecule has 138 valence electrons. The number of carbonyl (C=O) groups excluding carboxylic acids is 2. The number of benzene rings is 2. The minimum Gasteiger partial charge on any atom is -0.493 e. The van der Waals surface area contributed by atoms with Crippen molar-refractivity contribution in [2.75, 3.05) is 19.5 Å². The summed E-state index contributed by atoms with van der Waals surface area (Å²) in [5, 5.41) is 9.72. The summed E-state index contributed by atoms with van der Waals surface area (Å²) in [4.78, 5) is 24.0. The molecule has 0 atom stereocenters. The number of ether oxygens (including phenoxy) is 1. The average molecular weight is 364 g/mol. The van der Waals surface area contributed by atoms with E-state index >= 15 is 0 Å². The molecule has 0 spiro atoms. The summed E-state index contributed by atoms with van der Waals surface area (Å²) in [6, 6.07) is 16.6. The van der Waals surface area contributed by atoms with Crippen LogP contribution >= 0.6 is 0 Å². The Morgan fingerprint density at radius 2 is 1.78 bits per heavy atom. The predicted octanol–water partition coefficient (Wildman–Crippen LogP) is 2.42. The van der Waals surface area contributed by atoms with E-state index in [0.29, 0.717) is 17.9 Å². The first kappa shape index (κ1) is 18.2. The molecular weight excluding hydrogens is 344 g/mol. The van der Waals surface area contributed by atoms with Crippen LogP contribution < -0.4 is 15.4 Å². The number of methoxy groups -OCH3 is 1. The molecule has 0 aliphatic carbocycles. The molecule has 0 radical (unpaired) electrons. The van der Waals surface area contributed by atoms with E-state index in [1.54, 1.807) is 42.2 Å². The van der Waals surface area contributed by atoms with Gasteiger partial charge in [-0.25, -0.2) is 4.68 Å². The third-order valence-electron chi connectivity index (χ3n) is 3.99. The Morgan fingerprint density at radius 3 is 2.41 bits per heavy atom. The molecule has 2 aromatic carbocycles. The number of hydrogen-bond donors (Lipinski definition) is 2. The fraction of sp³-hybridized carbons (Fsp3) is 0.150. The summed E-state index contributed by atoms with van der Waals surface area (Å²) in [5.41, 5.74) is 2.49. The Bertz CT molecular complexity index is 934. The van der Waals surface area contributed by atoms with E-state index in [9.17, 15) is 9.59 Å². The SMILES string of the molecule is CNC(=O)Cc1ccc(NC(=O)c2nn(-c3ccccc3)cc2OC)cc1. The van der Waals surface area contributed by atoms with E-state index in [1.165, 1.54) is 7.11 Å². The van der Waals surface area contributed by atoms with E-state index in [4.69, 9.17) is 4.74 Å². The Hall–Kier alpha value is -3.61. The molecule has 0 saturated carbocycles. The molecule has 3 aromatic rings. The van der Waals surface area contributed by atoms with Crippen LogP contribution in [0.4, 0.5) is 5.69 Å².